The molecular formula is C12H14Br2. The third-order valence-corrected chi connectivity index (χ3v) is 4.99. The monoisotopic (exact) mass is 316 g/mol. The number of rotatable bonds is 2. The highest BCUT2D eigenvalue weighted by Gasteiger charge is 2.25. The first kappa shape index (κ1) is 10.7. The Hall–Kier alpha value is 0.180. The van der Waals surface area contributed by atoms with E-state index in [-0.39, 0.29) is 0 Å². The van der Waals surface area contributed by atoms with Crippen molar-refractivity contribution in [3.05, 3.63) is 34.3 Å². The summed E-state index contributed by atoms with van der Waals surface area (Å²) < 4.78 is 1.26. The Balaban J connectivity index is 2.07. The van der Waals surface area contributed by atoms with Crippen LogP contribution in [-0.4, -0.2) is 4.83 Å². The van der Waals surface area contributed by atoms with E-state index >= 15 is 0 Å². The molecule has 2 unspecified atom stereocenters. The minimum Gasteiger partial charge on any atom is -0.0888 e. The van der Waals surface area contributed by atoms with Crippen molar-refractivity contribution in [2.45, 2.75) is 30.5 Å². The van der Waals surface area contributed by atoms with Gasteiger partial charge in [-0.25, -0.2) is 0 Å². The summed E-state index contributed by atoms with van der Waals surface area (Å²) in [7, 11) is 0. The van der Waals surface area contributed by atoms with Crippen LogP contribution < -0.4 is 0 Å². The molecule has 2 heteroatoms. The molecule has 1 aromatic carbocycles. The van der Waals surface area contributed by atoms with Gasteiger partial charge in [-0.1, -0.05) is 56.5 Å². The predicted octanol–water partition coefficient (Wildman–Crippen LogP) is 4.56. The molecule has 0 amide bonds. The third-order valence-electron chi connectivity index (χ3n) is 3.01. The second-order valence-electron chi connectivity index (χ2n) is 4.00. The van der Waals surface area contributed by atoms with Gasteiger partial charge in [0.05, 0.1) is 0 Å². The number of hydrogen-bond donors (Lipinski definition) is 0. The van der Waals surface area contributed by atoms with Crippen LogP contribution >= 0.6 is 31.9 Å². The minimum absolute atomic E-state index is 0.731. The molecule has 0 nitrogen and oxygen atoms in total. The number of hydrogen-bond acceptors (Lipinski definition) is 0. The summed E-state index contributed by atoms with van der Waals surface area (Å²) in [6.07, 6.45) is 5.30. The van der Waals surface area contributed by atoms with Crippen molar-refractivity contribution < 1.29 is 0 Å². The fourth-order valence-electron chi connectivity index (χ4n) is 2.17. The van der Waals surface area contributed by atoms with Crippen LogP contribution in [0.5, 0.6) is 0 Å². The Kier molecular flexibility index (Phi) is 3.67. The van der Waals surface area contributed by atoms with Crippen molar-refractivity contribution in [3.63, 3.8) is 0 Å². The van der Waals surface area contributed by atoms with Gasteiger partial charge in [0.2, 0.25) is 0 Å². The fraction of sp³-hybridized carbons (Fsp3) is 0.500. The molecule has 0 aromatic heterocycles. The topological polar surface area (TPSA) is 0 Å². The highest BCUT2D eigenvalue weighted by Crippen LogP contribution is 2.35. The van der Waals surface area contributed by atoms with Gasteiger partial charge in [0.25, 0.3) is 0 Å². The lowest BCUT2D eigenvalue weighted by atomic mass is 9.98. The van der Waals surface area contributed by atoms with Crippen LogP contribution in [0.1, 0.15) is 24.8 Å². The van der Waals surface area contributed by atoms with Crippen LogP contribution in [0.2, 0.25) is 0 Å². The lowest BCUT2D eigenvalue weighted by molar-refractivity contribution is 0.561. The lowest BCUT2D eigenvalue weighted by Gasteiger charge is -2.14. The van der Waals surface area contributed by atoms with Gasteiger partial charge in [-0.2, -0.15) is 0 Å². The van der Waals surface area contributed by atoms with Crippen molar-refractivity contribution in [3.8, 4) is 0 Å². The average molecular weight is 318 g/mol. The Morgan fingerprint density at radius 2 is 2.00 bits per heavy atom. The summed E-state index contributed by atoms with van der Waals surface area (Å²) in [5.74, 6) is 0.827. The normalized spacial score (nSPS) is 26.7. The maximum Gasteiger partial charge on any atom is 0.0207 e. The molecule has 1 aliphatic carbocycles. The van der Waals surface area contributed by atoms with Crippen LogP contribution in [0.25, 0.3) is 0 Å². The van der Waals surface area contributed by atoms with Crippen LogP contribution in [-0.2, 0) is 6.42 Å². The standard InChI is InChI=1S/C12H14Br2/c13-11-6-2-1-4-9(11)8-10-5-3-7-12(10)14/h1-2,4,6,10,12H,3,5,7-8H2. The molecule has 1 aliphatic rings. The summed E-state index contributed by atoms with van der Waals surface area (Å²) in [6, 6.07) is 8.56. The van der Waals surface area contributed by atoms with E-state index in [0.29, 0.717) is 0 Å². The smallest absolute Gasteiger partial charge is 0.0207 e. The maximum atomic E-state index is 3.77. The predicted molar refractivity (Wildman–Crippen MR) is 67.9 cm³/mol. The number of alkyl halides is 1. The molecule has 2 rings (SSSR count). The van der Waals surface area contributed by atoms with Crippen LogP contribution in [0.4, 0.5) is 0 Å². The average Bonchev–Trinajstić information content (AvgIpc) is 2.56. The Bertz CT molecular complexity index is 309. The highest BCUT2D eigenvalue weighted by molar-refractivity contribution is 9.10. The summed E-state index contributed by atoms with van der Waals surface area (Å²) in [6.45, 7) is 0. The van der Waals surface area contributed by atoms with E-state index in [4.69, 9.17) is 0 Å². The summed E-state index contributed by atoms with van der Waals surface area (Å²) in [4.78, 5) is 0.731. The molecule has 0 N–H and O–H groups in total. The van der Waals surface area contributed by atoms with Crippen LogP contribution in [0, 0.1) is 5.92 Å². The Morgan fingerprint density at radius 1 is 1.21 bits per heavy atom. The molecular weight excluding hydrogens is 304 g/mol. The van der Waals surface area contributed by atoms with E-state index in [0.717, 1.165) is 10.7 Å². The van der Waals surface area contributed by atoms with Gasteiger partial charge in [-0.3, -0.25) is 0 Å². The Labute approximate surface area is 102 Å². The SMILES string of the molecule is Brc1ccccc1CC1CCCC1Br. The first-order chi connectivity index (χ1) is 6.77. The Morgan fingerprint density at radius 3 is 2.64 bits per heavy atom. The second-order valence-corrected chi connectivity index (χ2v) is 6.03. The van der Waals surface area contributed by atoms with Crippen molar-refractivity contribution in [2.24, 2.45) is 5.92 Å². The lowest BCUT2D eigenvalue weighted by Crippen LogP contribution is -2.09. The van der Waals surface area contributed by atoms with E-state index in [1.54, 1.807) is 0 Å². The fourth-order valence-corrected chi connectivity index (χ4v) is 3.39. The molecule has 1 aromatic rings. The quantitative estimate of drug-likeness (QED) is 0.702. The zero-order chi connectivity index (χ0) is 9.97. The first-order valence-corrected chi connectivity index (χ1v) is 6.85. The van der Waals surface area contributed by atoms with Gasteiger partial charge >= 0.3 is 0 Å². The number of benzene rings is 1. The molecule has 14 heavy (non-hydrogen) atoms. The van der Waals surface area contributed by atoms with E-state index in [1.807, 2.05) is 0 Å². The molecule has 0 spiro atoms. The van der Waals surface area contributed by atoms with Gasteiger partial charge in [0.1, 0.15) is 0 Å². The molecule has 0 aliphatic heterocycles. The number of halogens is 2. The molecule has 1 fully saturated rings. The molecule has 0 saturated heterocycles. The van der Waals surface area contributed by atoms with Crippen molar-refractivity contribution in [1.82, 2.24) is 0 Å². The highest BCUT2D eigenvalue weighted by atomic mass is 79.9. The van der Waals surface area contributed by atoms with Gasteiger partial charge < -0.3 is 0 Å². The summed E-state index contributed by atoms with van der Waals surface area (Å²) in [5.41, 5.74) is 1.45. The molecule has 0 heterocycles. The third kappa shape index (κ3) is 2.40. The van der Waals surface area contributed by atoms with Crippen molar-refractivity contribution in [1.29, 1.82) is 0 Å². The van der Waals surface area contributed by atoms with Crippen LogP contribution in [0.3, 0.4) is 0 Å². The van der Waals surface area contributed by atoms with E-state index in [2.05, 4.69) is 56.1 Å². The van der Waals surface area contributed by atoms with Gasteiger partial charge in [-0.05, 0) is 36.8 Å². The minimum atomic E-state index is 0.731. The van der Waals surface area contributed by atoms with Gasteiger partial charge in [-0.15, -0.1) is 0 Å². The molecule has 1 saturated carbocycles. The van der Waals surface area contributed by atoms with Crippen molar-refractivity contribution in [2.75, 3.05) is 0 Å². The first-order valence-electron chi connectivity index (χ1n) is 5.15. The largest absolute Gasteiger partial charge is 0.0888 e. The van der Waals surface area contributed by atoms with E-state index in [1.165, 1.54) is 35.7 Å². The maximum absolute atomic E-state index is 3.77. The molecule has 76 valence electrons. The summed E-state index contributed by atoms with van der Waals surface area (Å²) >= 11 is 7.38. The molecule has 2 atom stereocenters. The van der Waals surface area contributed by atoms with Gasteiger partial charge in [0, 0.05) is 9.30 Å². The zero-order valence-electron chi connectivity index (χ0n) is 8.05. The molecule has 0 bridgehead atoms. The van der Waals surface area contributed by atoms with E-state index in [9.17, 15) is 0 Å². The summed E-state index contributed by atoms with van der Waals surface area (Å²) in [5, 5.41) is 0. The second kappa shape index (κ2) is 4.80. The van der Waals surface area contributed by atoms with E-state index < -0.39 is 0 Å². The zero-order valence-corrected chi connectivity index (χ0v) is 11.2. The van der Waals surface area contributed by atoms with Crippen LogP contribution in [0.15, 0.2) is 28.7 Å². The van der Waals surface area contributed by atoms with Crippen molar-refractivity contribution >= 4 is 31.9 Å². The van der Waals surface area contributed by atoms with Gasteiger partial charge in [0.15, 0.2) is 0 Å². The molecule has 0 radical (unpaired) electrons.